The van der Waals surface area contributed by atoms with Crippen LogP contribution < -0.4 is 10.5 Å². The zero-order valence-electron chi connectivity index (χ0n) is 11.4. The summed E-state index contributed by atoms with van der Waals surface area (Å²) < 4.78 is 6.01. The van der Waals surface area contributed by atoms with E-state index in [1.807, 2.05) is 31.2 Å². The summed E-state index contributed by atoms with van der Waals surface area (Å²) in [5.74, 6) is 0.844. The highest BCUT2D eigenvalue weighted by Gasteiger charge is 2.17. The van der Waals surface area contributed by atoms with Gasteiger partial charge in [-0.2, -0.15) is 0 Å². The molecule has 0 spiro atoms. The first kappa shape index (κ1) is 13.6. The molecular formula is C16H20N2O. The molecule has 3 heteroatoms. The van der Waals surface area contributed by atoms with Crippen LogP contribution in [0.15, 0.2) is 48.8 Å². The van der Waals surface area contributed by atoms with Crippen molar-refractivity contribution in [1.29, 1.82) is 0 Å². The largest absolute Gasteiger partial charge is 0.484 e. The molecule has 1 aromatic heterocycles. The lowest BCUT2D eigenvalue weighted by atomic mass is 10.1. The summed E-state index contributed by atoms with van der Waals surface area (Å²) in [5.41, 5.74) is 8.37. The van der Waals surface area contributed by atoms with Crippen molar-refractivity contribution in [2.24, 2.45) is 5.73 Å². The Labute approximate surface area is 114 Å². The van der Waals surface area contributed by atoms with E-state index in [-0.39, 0.29) is 12.1 Å². The lowest BCUT2D eigenvalue weighted by Gasteiger charge is -2.23. The van der Waals surface area contributed by atoms with E-state index >= 15 is 0 Å². The molecule has 0 radical (unpaired) electrons. The summed E-state index contributed by atoms with van der Waals surface area (Å²) in [5, 5.41) is 0. The number of pyridine rings is 1. The minimum absolute atomic E-state index is 0.0896. The standard InChI is InChI=1S/C16H20N2O/c1-3-13-4-6-15(7-5-13)19-16(12(2)17)14-8-10-18-11-9-14/h4-12,16H,3,17H2,1-2H3. The van der Waals surface area contributed by atoms with E-state index < -0.39 is 0 Å². The molecular weight excluding hydrogens is 236 g/mol. The molecule has 2 unspecified atom stereocenters. The highest BCUT2D eigenvalue weighted by molar-refractivity contribution is 5.28. The maximum atomic E-state index is 6.03. The van der Waals surface area contributed by atoms with Gasteiger partial charge < -0.3 is 10.5 Å². The van der Waals surface area contributed by atoms with Gasteiger partial charge in [0, 0.05) is 18.4 Å². The van der Waals surface area contributed by atoms with Crippen LogP contribution in [-0.4, -0.2) is 11.0 Å². The van der Waals surface area contributed by atoms with Crippen LogP contribution in [-0.2, 0) is 6.42 Å². The van der Waals surface area contributed by atoms with Crippen LogP contribution in [0.2, 0.25) is 0 Å². The monoisotopic (exact) mass is 256 g/mol. The van der Waals surface area contributed by atoms with E-state index in [4.69, 9.17) is 10.5 Å². The van der Waals surface area contributed by atoms with E-state index in [2.05, 4.69) is 24.0 Å². The molecule has 19 heavy (non-hydrogen) atoms. The summed E-state index contributed by atoms with van der Waals surface area (Å²) in [6, 6.07) is 11.9. The van der Waals surface area contributed by atoms with Gasteiger partial charge in [-0.15, -0.1) is 0 Å². The van der Waals surface area contributed by atoms with E-state index in [9.17, 15) is 0 Å². The van der Waals surface area contributed by atoms with Crippen molar-refractivity contribution in [3.05, 3.63) is 59.9 Å². The first-order chi connectivity index (χ1) is 9.20. The Morgan fingerprint density at radius 1 is 1.11 bits per heavy atom. The molecule has 2 rings (SSSR count). The van der Waals surface area contributed by atoms with Crippen LogP contribution in [0.25, 0.3) is 0 Å². The van der Waals surface area contributed by atoms with Gasteiger partial charge in [-0.05, 0) is 48.7 Å². The number of hydrogen-bond acceptors (Lipinski definition) is 3. The van der Waals surface area contributed by atoms with E-state index in [1.54, 1.807) is 12.4 Å². The zero-order chi connectivity index (χ0) is 13.7. The Morgan fingerprint density at radius 3 is 2.26 bits per heavy atom. The Balaban J connectivity index is 2.17. The minimum Gasteiger partial charge on any atom is -0.484 e. The fourth-order valence-corrected chi connectivity index (χ4v) is 1.98. The smallest absolute Gasteiger partial charge is 0.139 e. The van der Waals surface area contributed by atoms with Crippen molar-refractivity contribution < 1.29 is 4.74 Å². The second-order valence-corrected chi connectivity index (χ2v) is 4.68. The van der Waals surface area contributed by atoms with Gasteiger partial charge in [-0.1, -0.05) is 19.1 Å². The molecule has 0 saturated heterocycles. The molecule has 0 aliphatic rings. The maximum Gasteiger partial charge on any atom is 0.139 e. The van der Waals surface area contributed by atoms with Gasteiger partial charge in [0.2, 0.25) is 0 Å². The Hall–Kier alpha value is -1.87. The number of aryl methyl sites for hydroxylation is 1. The normalized spacial score (nSPS) is 13.8. The molecule has 0 amide bonds. The molecule has 2 N–H and O–H groups in total. The van der Waals surface area contributed by atoms with Crippen molar-refractivity contribution in [1.82, 2.24) is 4.98 Å². The number of rotatable bonds is 5. The second kappa shape index (κ2) is 6.34. The van der Waals surface area contributed by atoms with Crippen LogP contribution in [0.3, 0.4) is 0 Å². The molecule has 1 heterocycles. The highest BCUT2D eigenvalue weighted by atomic mass is 16.5. The van der Waals surface area contributed by atoms with Gasteiger partial charge in [0.15, 0.2) is 0 Å². The molecule has 100 valence electrons. The van der Waals surface area contributed by atoms with E-state index in [1.165, 1.54) is 5.56 Å². The van der Waals surface area contributed by atoms with E-state index in [0.29, 0.717) is 0 Å². The van der Waals surface area contributed by atoms with Gasteiger partial charge in [0.25, 0.3) is 0 Å². The van der Waals surface area contributed by atoms with Crippen molar-refractivity contribution >= 4 is 0 Å². The fourth-order valence-electron chi connectivity index (χ4n) is 1.98. The number of hydrogen-bond donors (Lipinski definition) is 1. The summed E-state index contributed by atoms with van der Waals surface area (Å²) in [4.78, 5) is 4.02. The first-order valence-electron chi connectivity index (χ1n) is 6.61. The van der Waals surface area contributed by atoms with Gasteiger partial charge in [0.1, 0.15) is 11.9 Å². The van der Waals surface area contributed by atoms with Gasteiger partial charge in [-0.3, -0.25) is 4.98 Å². The number of nitrogens with two attached hydrogens (primary N) is 1. The van der Waals surface area contributed by atoms with Crippen molar-refractivity contribution in [2.75, 3.05) is 0 Å². The van der Waals surface area contributed by atoms with Crippen molar-refractivity contribution in [3.63, 3.8) is 0 Å². The predicted octanol–water partition coefficient (Wildman–Crippen LogP) is 3.11. The lowest BCUT2D eigenvalue weighted by Crippen LogP contribution is -2.29. The number of benzene rings is 1. The summed E-state index contributed by atoms with van der Waals surface area (Å²) in [7, 11) is 0. The molecule has 0 fully saturated rings. The van der Waals surface area contributed by atoms with Crippen LogP contribution >= 0.6 is 0 Å². The van der Waals surface area contributed by atoms with Gasteiger partial charge in [-0.25, -0.2) is 0 Å². The molecule has 3 nitrogen and oxygen atoms in total. The molecule has 0 saturated carbocycles. The average molecular weight is 256 g/mol. The molecule has 2 aromatic rings. The first-order valence-corrected chi connectivity index (χ1v) is 6.61. The zero-order valence-corrected chi connectivity index (χ0v) is 11.4. The van der Waals surface area contributed by atoms with Gasteiger partial charge in [0.05, 0.1) is 0 Å². The quantitative estimate of drug-likeness (QED) is 0.894. The topological polar surface area (TPSA) is 48.1 Å². The van der Waals surface area contributed by atoms with Crippen molar-refractivity contribution in [3.8, 4) is 5.75 Å². The van der Waals surface area contributed by atoms with Gasteiger partial charge >= 0.3 is 0 Å². The van der Waals surface area contributed by atoms with Crippen molar-refractivity contribution in [2.45, 2.75) is 32.4 Å². The fraction of sp³-hybridized carbons (Fsp3) is 0.312. The van der Waals surface area contributed by atoms with Crippen LogP contribution in [0, 0.1) is 0 Å². The molecule has 2 atom stereocenters. The Kier molecular flexibility index (Phi) is 4.53. The summed E-state index contributed by atoms with van der Waals surface area (Å²) in [6.45, 7) is 4.09. The third-order valence-corrected chi connectivity index (χ3v) is 3.11. The Morgan fingerprint density at radius 2 is 1.74 bits per heavy atom. The van der Waals surface area contributed by atoms with Crippen LogP contribution in [0.5, 0.6) is 5.75 Å². The van der Waals surface area contributed by atoms with E-state index in [0.717, 1.165) is 17.7 Å². The molecule has 0 aliphatic heterocycles. The third kappa shape index (κ3) is 3.55. The number of nitrogens with zero attached hydrogens (tertiary/aromatic N) is 1. The Bertz CT molecular complexity index is 494. The molecule has 0 aliphatic carbocycles. The highest BCUT2D eigenvalue weighted by Crippen LogP contribution is 2.24. The lowest BCUT2D eigenvalue weighted by molar-refractivity contribution is 0.180. The van der Waals surface area contributed by atoms with Crippen LogP contribution in [0.4, 0.5) is 0 Å². The average Bonchev–Trinajstić information content (AvgIpc) is 2.46. The third-order valence-electron chi connectivity index (χ3n) is 3.11. The minimum atomic E-state index is -0.157. The number of aromatic nitrogens is 1. The summed E-state index contributed by atoms with van der Waals surface area (Å²) >= 11 is 0. The molecule has 0 bridgehead atoms. The number of ether oxygens (including phenoxy) is 1. The maximum absolute atomic E-state index is 6.03. The predicted molar refractivity (Wildman–Crippen MR) is 77.1 cm³/mol. The second-order valence-electron chi connectivity index (χ2n) is 4.68. The van der Waals surface area contributed by atoms with Crippen LogP contribution in [0.1, 0.15) is 31.1 Å². The SMILES string of the molecule is CCc1ccc(OC(c2ccncc2)C(C)N)cc1. The summed E-state index contributed by atoms with van der Waals surface area (Å²) in [6.07, 6.45) is 4.39. The molecule has 1 aromatic carbocycles.